The van der Waals surface area contributed by atoms with E-state index in [1.807, 2.05) is 39.0 Å². The minimum atomic E-state index is -0.887. The Morgan fingerprint density at radius 2 is 1.83 bits per heavy atom. The Balaban J connectivity index is 3.03. The van der Waals surface area contributed by atoms with Crippen LogP contribution in [0.25, 0.3) is 0 Å². The molecule has 0 saturated heterocycles. The third kappa shape index (κ3) is 3.62. The fourth-order valence-electron chi connectivity index (χ4n) is 1.66. The number of pyridine rings is 1. The van der Waals surface area contributed by atoms with Crippen molar-refractivity contribution in [2.45, 2.75) is 32.3 Å². The van der Waals surface area contributed by atoms with Crippen LogP contribution in [0.5, 0.6) is 0 Å². The molecule has 0 saturated carbocycles. The van der Waals surface area contributed by atoms with Crippen LogP contribution < -0.4 is 0 Å². The van der Waals surface area contributed by atoms with Gasteiger partial charge in [0.05, 0.1) is 15.9 Å². The Bertz CT molecular complexity index is 330. The van der Waals surface area contributed by atoms with Crippen molar-refractivity contribution < 1.29 is 14.2 Å². The average Bonchev–Trinajstić information content (AvgIpc) is 2.40. The first-order chi connectivity index (χ1) is 8.69. The van der Waals surface area contributed by atoms with Crippen molar-refractivity contribution in [3.63, 3.8) is 0 Å². The zero-order chi connectivity index (χ0) is 13.4. The van der Waals surface area contributed by atoms with Crippen LogP contribution >= 0.6 is 0 Å². The summed E-state index contributed by atoms with van der Waals surface area (Å²) in [5.74, 6) is 0. The molecule has 99 valence electrons. The maximum Gasteiger partial charge on any atom is 0.188 e. The summed E-state index contributed by atoms with van der Waals surface area (Å²) < 4.78 is 17.0. The minimum absolute atomic E-state index is 0.525. The molecule has 0 fully saturated rings. The molecule has 0 spiro atoms. The van der Waals surface area contributed by atoms with Gasteiger partial charge in [0.2, 0.25) is 0 Å². The highest BCUT2D eigenvalue weighted by Gasteiger charge is 2.39. The smallest absolute Gasteiger partial charge is 0.188 e. The number of hydrogen-bond donors (Lipinski definition) is 0. The fraction of sp³-hybridized carbons (Fsp3) is 0.615. The molecule has 0 aliphatic heterocycles. The highest BCUT2D eigenvalue weighted by molar-refractivity contribution is 6.15. The maximum absolute atomic E-state index is 5.78. The fourth-order valence-corrected chi connectivity index (χ4v) is 2.12. The van der Waals surface area contributed by atoms with Crippen molar-refractivity contribution in [2.24, 2.45) is 0 Å². The average molecular weight is 266 g/mol. The first-order valence-corrected chi connectivity index (χ1v) is 6.72. The van der Waals surface area contributed by atoms with Crippen LogP contribution in [0.2, 0.25) is 0 Å². The van der Waals surface area contributed by atoms with Gasteiger partial charge in [-0.1, -0.05) is 6.07 Å². The van der Waals surface area contributed by atoms with Gasteiger partial charge in [0.1, 0.15) is 5.22 Å². The summed E-state index contributed by atoms with van der Waals surface area (Å²) in [6, 6.07) is 5.65. The van der Waals surface area contributed by atoms with Crippen molar-refractivity contribution in [3.8, 4) is 0 Å². The Kier molecular flexibility index (Phi) is 6.49. The summed E-state index contributed by atoms with van der Waals surface area (Å²) in [6.45, 7) is 7.36. The van der Waals surface area contributed by atoms with E-state index in [1.54, 1.807) is 6.20 Å². The normalized spacial score (nSPS) is 14.7. The molecule has 18 heavy (non-hydrogen) atoms. The summed E-state index contributed by atoms with van der Waals surface area (Å²) in [7, 11) is 3.65. The van der Waals surface area contributed by atoms with Gasteiger partial charge in [0.25, 0.3) is 0 Å². The van der Waals surface area contributed by atoms with Gasteiger partial charge in [0, 0.05) is 26.0 Å². The highest BCUT2D eigenvalue weighted by atomic mass is 28.1. The summed E-state index contributed by atoms with van der Waals surface area (Å²) in [5, 5.41) is -0.887. The summed E-state index contributed by atoms with van der Waals surface area (Å²) in [6.07, 6.45) is 1.18. The molecule has 0 bridgehead atoms. The number of ether oxygens (including phenoxy) is 3. The lowest BCUT2D eigenvalue weighted by Gasteiger charge is -2.36. The SMILES string of the molecule is CCOC(OCC)C([Si])(OCC)c1ccccn1. The number of rotatable bonds is 8. The van der Waals surface area contributed by atoms with Gasteiger partial charge in [-0.25, -0.2) is 0 Å². The van der Waals surface area contributed by atoms with Crippen LogP contribution in [0.1, 0.15) is 26.5 Å². The second kappa shape index (κ2) is 7.63. The van der Waals surface area contributed by atoms with E-state index in [9.17, 15) is 0 Å². The molecule has 0 N–H and O–H groups in total. The molecule has 1 heterocycles. The van der Waals surface area contributed by atoms with Crippen molar-refractivity contribution in [1.29, 1.82) is 0 Å². The van der Waals surface area contributed by atoms with Gasteiger partial charge in [-0.3, -0.25) is 4.98 Å². The molecule has 4 nitrogen and oxygen atoms in total. The molecule has 0 aromatic carbocycles. The van der Waals surface area contributed by atoms with E-state index < -0.39 is 11.5 Å². The standard InChI is InChI=1S/C13H20NO3Si/c1-4-15-12(16-5-2)13(18,17-6-3)11-9-7-8-10-14-11/h7-10,12H,4-6H2,1-3H3. The van der Waals surface area contributed by atoms with Gasteiger partial charge in [-0.05, 0) is 32.9 Å². The molecule has 0 aliphatic carbocycles. The predicted molar refractivity (Wildman–Crippen MR) is 70.3 cm³/mol. The summed E-state index contributed by atoms with van der Waals surface area (Å²) >= 11 is 0. The van der Waals surface area contributed by atoms with Gasteiger partial charge in [-0.2, -0.15) is 0 Å². The Labute approximate surface area is 112 Å². The molecule has 3 radical (unpaired) electrons. The largest absolute Gasteiger partial charge is 0.368 e. The third-order valence-corrected chi connectivity index (χ3v) is 3.02. The van der Waals surface area contributed by atoms with Gasteiger partial charge >= 0.3 is 0 Å². The lowest BCUT2D eigenvalue weighted by atomic mass is 10.2. The van der Waals surface area contributed by atoms with Gasteiger partial charge in [0.15, 0.2) is 6.29 Å². The first-order valence-electron chi connectivity index (χ1n) is 6.22. The van der Waals surface area contributed by atoms with Crippen molar-refractivity contribution in [1.82, 2.24) is 4.98 Å². The van der Waals surface area contributed by atoms with E-state index in [1.165, 1.54) is 0 Å². The number of aromatic nitrogens is 1. The van der Waals surface area contributed by atoms with Crippen molar-refractivity contribution in [2.75, 3.05) is 19.8 Å². The summed E-state index contributed by atoms with van der Waals surface area (Å²) in [5.41, 5.74) is 0.732. The van der Waals surface area contributed by atoms with Crippen LogP contribution in [0.3, 0.4) is 0 Å². The molecule has 5 heteroatoms. The van der Waals surface area contributed by atoms with E-state index in [-0.39, 0.29) is 0 Å². The van der Waals surface area contributed by atoms with Crippen LogP contribution in [0, 0.1) is 0 Å². The minimum Gasteiger partial charge on any atom is -0.368 e. The van der Waals surface area contributed by atoms with Crippen molar-refractivity contribution >= 4 is 10.2 Å². The predicted octanol–water partition coefficient (Wildman–Crippen LogP) is 1.84. The lowest BCUT2D eigenvalue weighted by Crippen LogP contribution is -2.46. The second-order valence-corrected chi connectivity index (χ2v) is 4.37. The molecule has 1 atom stereocenters. The van der Waals surface area contributed by atoms with Gasteiger partial charge in [-0.15, -0.1) is 0 Å². The van der Waals surface area contributed by atoms with Crippen LogP contribution in [0.4, 0.5) is 0 Å². The Morgan fingerprint density at radius 3 is 2.28 bits per heavy atom. The van der Waals surface area contributed by atoms with Crippen LogP contribution in [-0.4, -0.2) is 41.3 Å². The zero-order valence-electron chi connectivity index (χ0n) is 11.2. The maximum atomic E-state index is 5.78. The van der Waals surface area contributed by atoms with E-state index in [4.69, 9.17) is 14.2 Å². The number of hydrogen-bond acceptors (Lipinski definition) is 4. The molecule has 1 aromatic rings. The third-order valence-electron chi connectivity index (χ3n) is 2.39. The van der Waals surface area contributed by atoms with E-state index >= 15 is 0 Å². The monoisotopic (exact) mass is 266 g/mol. The molecule has 1 aromatic heterocycles. The molecule has 1 unspecified atom stereocenters. The van der Waals surface area contributed by atoms with E-state index in [0.717, 1.165) is 5.69 Å². The van der Waals surface area contributed by atoms with Crippen molar-refractivity contribution in [3.05, 3.63) is 30.1 Å². The summed E-state index contributed by atoms with van der Waals surface area (Å²) in [4.78, 5) is 4.32. The first kappa shape index (κ1) is 15.3. The Morgan fingerprint density at radius 1 is 1.17 bits per heavy atom. The highest BCUT2D eigenvalue weighted by Crippen LogP contribution is 2.27. The quantitative estimate of drug-likeness (QED) is 0.532. The zero-order valence-corrected chi connectivity index (χ0v) is 12.2. The van der Waals surface area contributed by atoms with Gasteiger partial charge < -0.3 is 14.2 Å². The lowest BCUT2D eigenvalue weighted by molar-refractivity contribution is -0.225. The molecular formula is C13H20NO3Si. The van der Waals surface area contributed by atoms with Crippen LogP contribution in [-0.2, 0) is 19.4 Å². The molecule has 0 aliphatic rings. The number of nitrogens with zero attached hydrogens (tertiary/aromatic N) is 1. The molecular weight excluding hydrogens is 246 g/mol. The molecule has 0 amide bonds. The Hall–Kier alpha value is -0.753. The second-order valence-electron chi connectivity index (χ2n) is 3.63. The van der Waals surface area contributed by atoms with E-state index in [0.29, 0.717) is 19.8 Å². The van der Waals surface area contributed by atoms with Crippen LogP contribution in [0.15, 0.2) is 24.4 Å². The molecule has 1 rings (SSSR count). The topological polar surface area (TPSA) is 40.6 Å². The van der Waals surface area contributed by atoms with E-state index in [2.05, 4.69) is 15.2 Å².